The molecule has 0 aliphatic carbocycles. The zero-order valence-corrected chi connectivity index (χ0v) is 13.6. The molecule has 1 aromatic rings. The monoisotopic (exact) mass is 293 g/mol. The Bertz CT molecular complexity index is 463. The number of aromatic nitrogens is 1. The van der Waals surface area contributed by atoms with Gasteiger partial charge >= 0.3 is 0 Å². The molecule has 0 unspecified atom stereocenters. The van der Waals surface area contributed by atoms with Gasteiger partial charge in [-0.25, -0.2) is 4.98 Å². The number of pyridine rings is 1. The van der Waals surface area contributed by atoms with Gasteiger partial charge in [0.05, 0.1) is 18.8 Å². The highest BCUT2D eigenvalue weighted by Gasteiger charge is 2.28. The number of rotatable bonds is 6. The summed E-state index contributed by atoms with van der Waals surface area (Å²) in [5, 5.41) is 3.34. The molecule has 1 aromatic heterocycles. The average molecular weight is 293 g/mol. The Morgan fingerprint density at radius 1 is 1.48 bits per heavy atom. The molecular formula is C16H27N3O2. The van der Waals surface area contributed by atoms with Gasteiger partial charge in [0.1, 0.15) is 5.82 Å². The standard InChI is InChI=1S/C16H27N3O2/c1-13-9-14(10-17-5-7-20-4)11-18-15(13)19-6-8-21-16(2,3)12-19/h9,11,17H,5-8,10,12H2,1-4H3. The summed E-state index contributed by atoms with van der Waals surface area (Å²) in [7, 11) is 1.71. The first-order chi connectivity index (χ1) is 10.0. The van der Waals surface area contributed by atoms with E-state index in [0.29, 0.717) is 0 Å². The molecule has 5 heteroatoms. The van der Waals surface area contributed by atoms with Crippen molar-refractivity contribution in [2.75, 3.05) is 44.9 Å². The Kier molecular flexibility index (Phi) is 5.56. The van der Waals surface area contributed by atoms with Crippen molar-refractivity contribution in [3.8, 4) is 0 Å². The third-order valence-corrected chi connectivity index (χ3v) is 3.64. The van der Waals surface area contributed by atoms with Crippen LogP contribution < -0.4 is 10.2 Å². The number of morpholine rings is 1. The maximum Gasteiger partial charge on any atom is 0.131 e. The van der Waals surface area contributed by atoms with Crippen LogP contribution in [-0.4, -0.2) is 50.5 Å². The van der Waals surface area contributed by atoms with Crippen LogP contribution in [0, 0.1) is 6.92 Å². The second-order valence-corrected chi connectivity index (χ2v) is 6.18. The van der Waals surface area contributed by atoms with Crippen molar-refractivity contribution >= 4 is 5.82 Å². The molecule has 1 aliphatic rings. The predicted molar refractivity (Wildman–Crippen MR) is 84.8 cm³/mol. The van der Waals surface area contributed by atoms with E-state index in [0.717, 1.165) is 45.2 Å². The fourth-order valence-electron chi connectivity index (χ4n) is 2.66. The quantitative estimate of drug-likeness (QED) is 0.810. The van der Waals surface area contributed by atoms with Crippen LogP contribution in [0.1, 0.15) is 25.0 Å². The van der Waals surface area contributed by atoms with E-state index in [-0.39, 0.29) is 5.60 Å². The maximum absolute atomic E-state index is 5.77. The van der Waals surface area contributed by atoms with Gasteiger partial charge in [-0.05, 0) is 38.0 Å². The SMILES string of the molecule is COCCNCc1cnc(N2CCOC(C)(C)C2)c(C)c1. The molecule has 0 atom stereocenters. The second kappa shape index (κ2) is 7.20. The van der Waals surface area contributed by atoms with Crippen molar-refractivity contribution in [2.24, 2.45) is 0 Å². The predicted octanol–water partition coefficient (Wildman–Crippen LogP) is 1.74. The summed E-state index contributed by atoms with van der Waals surface area (Å²) >= 11 is 0. The molecular weight excluding hydrogens is 266 g/mol. The van der Waals surface area contributed by atoms with E-state index >= 15 is 0 Å². The molecule has 0 aromatic carbocycles. The van der Waals surface area contributed by atoms with Crippen molar-refractivity contribution in [1.82, 2.24) is 10.3 Å². The number of aryl methyl sites for hydroxylation is 1. The van der Waals surface area contributed by atoms with Gasteiger partial charge in [-0.2, -0.15) is 0 Å². The smallest absolute Gasteiger partial charge is 0.131 e. The molecule has 1 saturated heterocycles. The van der Waals surface area contributed by atoms with Crippen LogP contribution in [0.5, 0.6) is 0 Å². The molecule has 1 fully saturated rings. The second-order valence-electron chi connectivity index (χ2n) is 6.18. The van der Waals surface area contributed by atoms with Crippen LogP contribution in [0.15, 0.2) is 12.3 Å². The Morgan fingerprint density at radius 3 is 2.95 bits per heavy atom. The lowest BCUT2D eigenvalue weighted by Gasteiger charge is -2.39. The first-order valence-corrected chi connectivity index (χ1v) is 7.56. The van der Waals surface area contributed by atoms with Crippen molar-refractivity contribution in [2.45, 2.75) is 32.9 Å². The Balaban J connectivity index is 1.98. The highest BCUT2D eigenvalue weighted by Crippen LogP contribution is 2.24. The Labute approximate surface area is 127 Å². The summed E-state index contributed by atoms with van der Waals surface area (Å²) in [4.78, 5) is 6.99. The topological polar surface area (TPSA) is 46.6 Å². The van der Waals surface area contributed by atoms with Gasteiger partial charge in [0.15, 0.2) is 0 Å². The third-order valence-electron chi connectivity index (χ3n) is 3.64. The van der Waals surface area contributed by atoms with E-state index in [4.69, 9.17) is 9.47 Å². The first-order valence-electron chi connectivity index (χ1n) is 7.56. The minimum Gasteiger partial charge on any atom is -0.383 e. The van der Waals surface area contributed by atoms with Crippen LogP contribution >= 0.6 is 0 Å². The minimum absolute atomic E-state index is 0.104. The van der Waals surface area contributed by atoms with Gasteiger partial charge < -0.3 is 19.7 Å². The van der Waals surface area contributed by atoms with Crippen molar-refractivity contribution < 1.29 is 9.47 Å². The molecule has 21 heavy (non-hydrogen) atoms. The van der Waals surface area contributed by atoms with E-state index in [1.165, 1.54) is 11.1 Å². The molecule has 0 spiro atoms. The van der Waals surface area contributed by atoms with Crippen molar-refractivity contribution in [3.63, 3.8) is 0 Å². The molecule has 1 N–H and O–H groups in total. The summed E-state index contributed by atoms with van der Waals surface area (Å²) in [6, 6.07) is 2.21. The van der Waals surface area contributed by atoms with Gasteiger partial charge in [-0.15, -0.1) is 0 Å². The molecule has 118 valence electrons. The van der Waals surface area contributed by atoms with E-state index in [2.05, 4.69) is 42.0 Å². The number of nitrogens with zero attached hydrogens (tertiary/aromatic N) is 2. The van der Waals surface area contributed by atoms with Gasteiger partial charge in [0.2, 0.25) is 0 Å². The lowest BCUT2D eigenvalue weighted by atomic mass is 10.1. The van der Waals surface area contributed by atoms with Crippen molar-refractivity contribution in [3.05, 3.63) is 23.4 Å². The van der Waals surface area contributed by atoms with E-state index in [1.807, 2.05) is 6.20 Å². The summed E-state index contributed by atoms with van der Waals surface area (Å²) < 4.78 is 10.8. The number of hydrogen-bond acceptors (Lipinski definition) is 5. The van der Waals surface area contributed by atoms with Crippen LogP contribution in [-0.2, 0) is 16.0 Å². The number of anilines is 1. The van der Waals surface area contributed by atoms with Crippen molar-refractivity contribution in [1.29, 1.82) is 0 Å². The Morgan fingerprint density at radius 2 is 2.29 bits per heavy atom. The van der Waals surface area contributed by atoms with Gasteiger partial charge in [0.25, 0.3) is 0 Å². The van der Waals surface area contributed by atoms with Crippen LogP contribution in [0.3, 0.4) is 0 Å². The zero-order chi connectivity index (χ0) is 15.3. The largest absolute Gasteiger partial charge is 0.383 e. The van der Waals surface area contributed by atoms with Crippen LogP contribution in [0.2, 0.25) is 0 Å². The highest BCUT2D eigenvalue weighted by atomic mass is 16.5. The van der Waals surface area contributed by atoms with Crippen LogP contribution in [0.4, 0.5) is 5.82 Å². The number of nitrogens with one attached hydrogen (secondary N) is 1. The minimum atomic E-state index is -0.104. The molecule has 0 radical (unpaired) electrons. The molecule has 2 rings (SSSR count). The third kappa shape index (κ3) is 4.66. The fraction of sp³-hybridized carbons (Fsp3) is 0.688. The zero-order valence-electron chi connectivity index (χ0n) is 13.6. The Hall–Kier alpha value is -1.17. The average Bonchev–Trinajstić information content (AvgIpc) is 2.42. The fourth-order valence-corrected chi connectivity index (χ4v) is 2.66. The van der Waals surface area contributed by atoms with E-state index in [1.54, 1.807) is 7.11 Å². The first kappa shape index (κ1) is 16.2. The normalized spacial score (nSPS) is 18.0. The lowest BCUT2D eigenvalue weighted by molar-refractivity contribution is -0.0279. The van der Waals surface area contributed by atoms with Gasteiger partial charge in [-0.3, -0.25) is 0 Å². The van der Waals surface area contributed by atoms with E-state index in [9.17, 15) is 0 Å². The molecule has 0 amide bonds. The lowest BCUT2D eigenvalue weighted by Crippen LogP contribution is -2.48. The number of ether oxygens (including phenoxy) is 2. The van der Waals surface area contributed by atoms with E-state index < -0.39 is 0 Å². The van der Waals surface area contributed by atoms with Crippen LogP contribution in [0.25, 0.3) is 0 Å². The summed E-state index contributed by atoms with van der Waals surface area (Å²) in [6.07, 6.45) is 1.96. The molecule has 0 saturated carbocycles. The highest BCUT2D eigenvalue weighted by molar-refractivity contribution is 5.48. The summed E-state index contributed by atoms with van der Waals surface area (Å²) in [5.41, 5.74) is 2.32. The maximum atomic E-state index is 5.77. The molecule has 5 nitrogen and oxygen atoms in total. The summed E-state index contributed by atoms with van der Waals surface area (Å²) in [6.45, 7) is 11.3. The molecule has 0 bridgehead atoms. The molecule has 2 heterocycles. The van der Waals surface area contributed by atoms with Gasteiger partial charge in [-0.1, -0.05) is 0 Å². The van der Waals surface area contributed by atoms with Gasteiger partial charge in [0, 0.05) is 39.5 Å². The number of hydrogen-bond donors (Lipinski definition) is 1. The molecule has 1 aliphatic heterocycles. The summed E-state index contributed by atoms with van der Waals surface area (Å²) in [5.74, 6) is 1.08. The number of methoxy groups -OCH3 is 1.